The van der Waals surface area contributed by atoms with Crippen molar-refractivity contribution in [2.24, 2.45) is 0 Å². The van der Waals surface area contributed by atoms with Crippen LogP contribution in [0.15, 0.2) is 60.7 Å². The molecule has 1 amide bonds. The summed E-state index contributed by atoms with van der Waals surface area (Å²) >= 11 is 0. The van der Waals surface area contributed by atoms with Gasteiger partial charge in [-0.2, -0.15) is 4.68 Å². The molecule has 27 heavy (non-hydrogen) atoms. The lowest BCUT2D eigenvalue weighted by molar-refractivity contribution is -0.141. The van der Waals surface area contributed by atoms with Gasteiger partial charge in [-0.3, -0.25) is 4.79 Å². The lowest BCUT2D eigenvalue weighted by Crippen LogP contribution is -2.23. The van der Waals surface area contributed by atoms with Crippen molar-refractivity contribution in [2.45, 2.75) is 6.92 Å². The van der Waals surface area contributed by atoms with Crippen molar-refractivity contribution in [3.05, 3.63) is 72.1 Å². The fourth-order valence-corrected chi connectivity index (χ4v) is 2.29. The molecule has 8 nitrogen and oxygen atoms in total. The largest absolute Gasteiger partial charge is 0.451 e. The number of tetrazole rings is 1. The van der Waals surface area contributed by atoms with Crippen LogP contribution in [0.2, 0.25) is 0 Å². The molecule has 0 aliphatic carbocycles. The van der Waals surface area contributed by atoms with Crippen LogP contribution in [0, 0.1) is 6.92 Å². The van der Waals surface area contributed by atoms with Crippen LogP contribution in [0.3, 0.4) is 0 Å². The predicted molar refractivity (Wildman–Crippen MR) is 99.2 cm³/mol. The van der Waals surface area contributed by atoms with Crippen molar-refractivity contribution in [3.8, 4) is 0 Å². The maximum Gasteiger partial charge on any atom is 0.357 e. The third-order valence-corrected chi connectivity index (χ3v) is 3.56. The Balaban J connectivity index is 1.73. The number of hydrogen-bond donors (Lipinski definition) is 1. The molecule has 1 aromatic heterocycles. The van der Waals surface area contributed by atoms with E-state index in [0.29, 0.717) is 11.5 Å². The maximum absolute atomic E-state index is 12.6. The molecule has 3 rings (SSSR count). The van der Waals surface area contributed by atoms with Gasteiger partial charge in [-0.25, -0.2) is 4.79 Å². The molecule has 8 heteroatoms. The van der Waals surface area contributed by atoms with Crippen LogP contribution in [0.5, 0.6) is 0 Å². The number of ether oxygens (including phenoxy) is 1. The number of carbonyl (C=O) groups is 2. The standard InChI is InChI=1S/C19H17N5O3/c1-14-21-22-23-24(14)17(12-15-8-4-2-5-9-15)19(26)27-13-18(25)20-16-10-6-3-7-11-16/h2-12H,13H2,1H3,(H,20,25)/b17-12-. The zero-order valence-corrected chi connectivity index (χ0v) is 14.6. The van der Waals surface area contributed by atoms with Gasteiger partial charge in [-0.1, -0.05) is 48.5 Å². The summed E-state index contributed by atoms with van der Waals surface area (Å²) < 4.78 is 6.42. The van der Waals surface area contributed by atoms with Gasteiger partial charge in [0, 0.05) is 5.69 Å². The average Bonchev–Trinajstić information content (AvgIpc) is 3.11. The fourth-order valence-electron chi connectivity index (χ4n) is 2.29. The van der Waals surface area contributed by atoms with E-state index in [-0.39, 0.29) is 5.70 Å². The fraction of sp³-hybridized carbons (Fsp3) is 0.105. The van der Waals surface area contributed by atoms with Crippen molar-refractivity contribution in [2.75, 3.05) is 11.9 Å². The summed E-state index contributed by atoms with van der Waals surface area (Å²) in [5.74, 6) is -0.734. The number of nitrogens with zero attached hydrogens (tertiary/aromatic N) is 4. The number of para-hydroxylation sites is 1. The van der Waals surface area contributed by atoms with Gasteiger partial charge in [0.2, 0.25) is 0 Å². The van der Waals surface area contributed by atoms with Crippen LogP contribution < -0.4 is 5.32 Å². The number of amides is 1. The highest BCUT2D eigenvalue weighted by Crippen LogP contribution is 2.14. The molecule has 2 aromatic carbocycles. The lowest BCUT2D eigenvalue weighted by Gasteiger charge is -2.09. The maximum atomic E-state index is 12.6. The number of anilines is 1. The first-order valence-electron chi connectivity index (χ1n) is 8.17. The Morgan fingerprint density at radius 2 is 1.74 bits per heavy atom. The summed E-state index contributed by atoms with van der Waals surface area (Å²) in [6.07, 6.45) is 1.60. The van der Waals surface area contributed by atoms with Crippen LogP contribution in [0.4, 0.5) is 5.69 Å². The van der Waals surface area contributed by atoms with Crippen LogP contribution in [-0.4, -0.2) is 38.7 Å². The molecule has 0 saturated heterocycles. The topological polar surface area (TPSA) is 99.0 Å². The lowest BCUT2D eigenvalue weighted by atomic mass is 10.2. The number of hydrogen-bond acceptors (Lipinski definition) is 6. The summed E-state index contributed by atoms with van der Waals surface area (Å²) in [6.45, 7) is 1.23. The number of rotatable bonds is 6. The molecule has 0 radical (unpaired) electrons. The van der Waals surface area contributed by atoms with Crippen LogP contribution in [0.1, 0.15) is 11.4 Å². The number of carbonyl (C=O) groups excluding carboxylic acids is 2. The molecule has 0 atom stereocenters. The second kappa shape index (κ2) is 8.52. The average molecular weight is 363 g/mol. The second-order valence-corrected chi connectivity index (χ2v) is 5.57. The summed E-state index contributed by atoms with van der Waals surface area (Å²) in [4.78, 5) is 24.6. The first-order valence-corrected chi connectivity index (χ1v) is 8.17. The minimum Gasteiger partial charge on any atom is -0.451 e. The van der Waals surface area contributed by atoms with E-state index in [9.17, 15) is 9.59 Å². The zero-order valence-electron chi connectivity index (χ0n) is 14.6. The monoisotopic (exact) mass is 363 g/mol. The van der Waals surface area contributed by atoms with Gasteiger partial charge in [0.25, 0.3) is 5.91 Å². The molecule has 0 bridgehead atoms. The highest BCUT2D eigenvalue weighted by molar-refractivity contribution is 6.15. The highest BCUT2D eigenvalue weighted by atomic mass is 16.5. The van der Waals surface area contributed by atoms with Gasteiger partial charge in [0.1, 0.15) is 0 Å². The van der Waals surface area contributed by atoms with Crippen molar-refractivity contribution in [3.63, 3.8) is 0 Å². The number of benzene rings is 2. The van der Waals surface area contributed by atoms with Gasteiger partial charge >= 0.3 is 5.97 Å². The quantitative estimate of drug-likeness (QED) is 0.532. The molecule has 0 spiro atoms. The van der Waals surface area contributed by atoms with Crippen LogP contribution in [0.25, 0.3) is 11.8 Å². The van der Waals surface area contributed by atoms with Crippen molar-refractivity contribution < 1.29 is 14.3 Å². The molecule has 0 fully saturated rings. The molecule has 1 N–H and O–H groups in total. The third kappa shape index (κ3) is 4.85. The van der Waals surface area contributed by atoms with E-state index >= 15 is 0 Å². The van der Waals surface area contributed by atoms with Gasteiger partial charge in [0.05, 0.1) is 0 Å². The molecule has 1 heterocycles. The van der Waals surface area contributed by atoms with Crippen molar-refractivity contribution in [1.29, 1.82) is 0 Å². The Kier molecular flexibility index (Phi) is 5.68. The molecule has 0 aliphatic heterocycles. The van der Waals surface area contributed by atoms with Crippen LogP contribution in [-0.2, 0) is 14.3 Å². The minimum atomic E-state index is -0.711. The minimum absolute atomic E-state index is 0.108. The van der Waals surface area contributed by atoms with E-state index in [4.69, 9.17) is 4.74 Å². The molecule has 3 aromatic rings. The summed E-state index contributed by atoms with van der Waals surface area (Å²) in [7, 11) is 0. The van der Waals surface area contributed by atoms with E-state index in [2.05, 4.69) is 20.8 Å². The molecule has 0 unspecified atom stereocenters. The number of aromatic nitrogens is 4. The van der Waals surface area contributed by atoms with E-state index < -0.39 is 18.5 Å². The van der Waals surface area contributed by atoms with E-state index in [1.54, 1.807) is 37.3 Å². The summed E-state index contributed by atoms with van der Waals surface area (Å²) in [5.41, 5.74) is 1.50. The Bertz CT molecular complexity index is 952. The molecule has 0 aliphatic rings. The zero-order chi connectivity index (χ0) is 19.1. The summed E-state index contributed by atoms with van der Waals surface area (Å²) in [5, 5.41) is 13.8. The molecular weight excluding hydrogens is 346 g/mol. The van der Waals surface area contributed by atoms with Gasteiger partial charge < -0.3 is 10.1 Å². The first-order chi connectivity index (χ1) is 13.1. The Morgan fingerprint density at radius 1 is 1.07 bits per heavy atom. The van der Waals surface area contributed by atoms with Crippen molar-refractivity contribution >= 4 is 29.3 Å². The third-order valence-electron chi connectivity index (χ3n) is 3.56. The van der Waals surface area contributed by atoms with Gasteiger partial charge in [-0.15, -0.1) is 5.10 Å². The normalized spacial score (nSPS) is 11.1. The second-order valence-electron chi connectivity index (χ2n) is 5.57. The highest BCUT2D eigenvalue weighted by Gasteiger charge is 2.19. The van der Waals surface area contributed by atoms with Gasteiger partial charge in [0.15, 0.2) is 18.1 Å². The van der Waals surface area contributed by atoms with E-state index in [1.807, 2.05) is 36.4 Å². The SMILES string of the molecule is Cc1nnnn1/C(=C\c1ccccc1)C(=O)OCC(=O)Nc1ccccc1. The number of nitrogens with one attached hydrogen (secondary N) is 1. The van der Waals surface area contributed by atoms with Crippen LogP contribution >= 0.6 is 0 Å². The molecule has 136 valence electrons. The van der Waals surface area contributed by atoms with Crippen molar-refractivity contribution in [1.82, 2.24) is 20.2 Å². The summed E-state index contributed by atoms with van der Waals surface area (Å²) in [6, 6.07) is 18.1. The smallest absolute Gasteiger partial charge is 0.357 e. The van der Waals surface area contributed by atoms with Gasteiger partial charge in [-0.05, 0) is 41.1 Å². The number of esters is 1. The Labute approximate surface area is 155 Å². The molecule has 0 saturated carbocycles. The first kappa shape index (κ1) is 18.0. The van der Waals surface area contributed by atoms with E-state index in [0.717, 1.165) is 5.56 Å². The Morgan fingerprint density at radius 3 is 2.37 bits per heavy atom. The molecular formula is C19H17N5O3. The Hall–Kier alpha value is -3.81. The van der Waals surface area contributed by atoms with E-state index in [1.165, 1.54) is 4.68 Å². The number of aryl methyl sites for hydroxylation is 1. The predicted octanol–water partition coefficient (Wildman–Crippen LogP) is 2.16.